The van der Waals surface area contributed by atoms with Crippen LogP contribution < -0.4 is 10.6 Å². The molecule has 1 atom stereocenters. The van der Waals surface area contributed by atoms with Gasteiger partial charge in [-0.2, -0.15) is 0 Å². The molecule has 1 aromatic carbocycles. The number of hydrogen-bond donors (Lipinski definition) is 2. The first kappa shape index (κ1) is 15.8. The minimum atomic E-state index is -0.851. The van der Waals surface area contributed by atoms with Crippen molar-refractivity contribution in [2.45, 2.75) is 26.3 Å². The number of nitrogens with one attached hydrogen (secondary N) is 2. The first-order valence-electron chi connectivity index (χ1n) is 6.87. The number of carbonyl (C=O) groups excluding carboxylic acids is 1. The van der Waals surface area contributed by atoms with Crippen molar-refractivity contribution in [3.63, 3.8) is 0 Å². The second kappa shape index (κ2) is 6.93. The van der Waals surface area contributed by atoms with Crippen molar-refractivity contribution >= 4 is 17.4 Å². The van der Waals surface area contributed by atoms with Gasteiger partial charge in [-0.25, -0.2) is 8.78 Å². The molecule has 0 aliphatic heterocycles. The molecule has 5 nitrogen and oxygen atoms in total. The van der Waals surface area contributed by atoms with Crippen molar-refractivity contribution in [1.29, 1.82) is 0 Å². The third-order valence-electron chi connectivity index (χ3n) is 3.11. The Bertz CT molecular complexity index is 641. The van der Waals surface area contributed by atoms with E-state index < -0.39 is 23.2 Å². The van der Waals surface area contributed by atoms with Crippen LogP contribution in [0.15, 0.2) is 30.3 Å². The summed E-state index contributed by atoms with van der Waals surface area (Å²) in [5.41, 5.74) is -0.534. The highest BCUT2D eigenvalue weighted by Gasteiger charge is 2.15. The standard InChI is InChI=1S/C15H16F2N4O/c1-3-9(2)18-13-8-7-12(20-21-13)15(22)19-14-10(16)5-4-6-11(14)17/h4-9H,3H2,1-2H3,(H,18,21)(H,19,22). The third-order valence-corrected chi connectivity index (χ3v) is 3.11. The molecule has 22 heavy (non-hydrogen) atoms. The SMILES string of the molecule is CCC(C)Nc1ccc(C(=O)Nc2c(F)cccc2F)nn1. The molecule has 1 unspecified atom stereocenters. The third kappa shape index (κ3) is 3.75. The maximum Gasteiger partial charge on any atom is 0.276 e. The summed E-state index contributed by atoms with van der Waals surface area (Å²) in [7, 11) is 0. The summed E-state index contributed by atoms with van der Waals surface area (Å²) >= 11 is 0. The largest absolute Gasteiger partial charge is 0.366 e. The van der Waals surface area contributed by atoms with Gasteiger partial charge < -0.3 is 10.6 Å². The van der Waals surface area contributed by atoms with Crippen LogP contribution in [0.2, 0.25) is 0 Å². The van der Waals surface area contributed by atoms with Gasteiger partial charge in [-0.05, 0) is 37.6 Å². The van der Waals surface area contributed by atoms with Gasteiger partial charge in [0, 0.05) is 6.04 Å². The van der Waals surface area contributed by atoms with Crippen LogP contribution in [-0.2, 0) is 0 Å². The topological polar surface area (TPSA) is 66.9 Å². The summed E-state index contributed by atoms with van der Waals surface area (Å²) in [6.45, 7) is 4.01. The quantitative estimate of drug-likeness (QED) is 0.890. The number of benzene rings is 1. The van der Waals surface area contributed by atoms with Crippen LogP contribution in [-0.4, -0.2) is 22.1 Å². The normalized spacial score (nSPS) is 11.8. The van der Waals surface area contributed by atoms with Crippen molar-refractivity contribution in [3.05, 3.63) is 47.7 Å². The predicted molar refractivity (Wildman–Crippen MR) is 79.7 cm³/mol. The highest BCUT2D eigenvalue weighted by molar-refractivity contribution is 6.02. The lowest BCUT2D eigenvalue weighted by Crippen LogP contribution is -2.18. The summed E-state index contributed by atoms with van der Waals surface area (Å²) in [5, 5.41) is 12.9. The van der Waals surface area contributed by atoms with Crippen LogP contribution >= 0.6 is 0 Å². The molecule has 1 heterocycles. The number of nitrogens with zero attached hydrogens (tertiary/aromatic N) is 2. The second-order valence-corrected chi connectivity index (χ2v) is 4.81. The number of rotatable bonds is 5. The smallest absolute Gasteiger partial charge is 0.276 e. The van der Waals surface area contributed by atoms with E-state index in [0.29, 0.717) is 5.82 Å². The Morgan fingerprint density at radius 3 is 2.41 bits per heavy atom. The second-order valence-electron chi connectivity index (χ2n) is 4.81. The molecule has 0 saturated heterocycles. The molecule has 116 valence electrons. The summed E-state index contributed by atoms with van der Waals surface area (Å²) < 4.78 is 26.9. The molecule has 1 amide bonds. The lowest BCUT2D eigenvalue weighted by molar-refractivity contribution is 0.102. The molecule has 2 N–H and O–H groups in total. The van der Waals surface area contributed by atoms with Gasteiger partial charge in [0.15, 0.2) is 5.69 Å². The first-order chi connectivity index (χ1) is 10.5. The Hall–Kier alpha value is -2.57. The van der Waals surface area contributed by atoms with Crippen molar-refractivity contribution in [2.75, 3.05) is 10.6 Å². The molecule has 0 spiro atoms. The monoisotopic (exact) mass is 306 g/mol. The van der Waals surface area contributed by atoms with Crippen molar-refractivity contribution in [1.82, 2.24) is 10.2 Å². The lowest BCUT2D eigenvalue weighted by atomic mass is 10.2. The maximum atomic E-state index is 13.5. The van der Waals surface area contributed by atoms with Gasteiger partial charge in [0.25, 0.3) is 5.91 Å². The highest BCUT2D eigenvalue weighted by atomic mass is 19.1. The molecule has 0 fully saturated rings. The Kier molecular flexibility index (Phi) is 4.98. The number of anilines is 2. The number of aromatic nitrogens is 2. The molecule has 2 rings (SSSR count). The van der Waals surface area contributed by atoms with Gasteiger partial charge in [-0.1, -0.05) is 13.0 Å². The average Bonchev–Trinajstić information content (AvgIpc) is 2.51. The van der Waals surface area contributed by atoms with E-state index in [9.17, 15) is 13.6 Å². The summed E-state index contributed by atoms with van der Waals surface area (Å²) in [5.74, 6) is -1.90. The van der Waals surface area contributed by atoms with Crippen LogP contribution in [0.4, 0.5) is 20.3 Å². The van der Waals surface area contributed by atoms with Crippen LogP contribution in [0, 0.1) is 11.6 Å². The zero-order valence-corrected chi connectivity index (χ0v) is 12.2. The summed E-state index contributed by atoms with van der Waals surface area (Å²) in [4.78, 5) is 11.9. The summed E-state index contributed by atoms with van der Waals surface area (Å²) in [6.07, 6.45) is 0.913. The first-order valence-corrected chi connectivity index (χ1v) is 6.87. The fourth-order valence-electron chi connectivity index (χ4n) is 1.68. The van der Waals surface area contributed by atoms with E-state index in [4.69, 9.17) is 0 Å². The van der Waals surface area contributed by atoms with E-state index in [1.54, 1.807) is 6.07 Å². The van der Waals surface area contributed by atoms with Crippen LogP contribution in [0.1, 0.15) is 30.8 Å². The zero-order chi connectivity index (χ0) is 16.1. The van der Waals surface area contributed by atoms with E-state index in [0.717, 1.165) is 18.6 Å². The van der Waals surface area contributed by atoms with E-state index >= 15 is 0 Å². The molecule has 2 aromatic rings. The van der Waals surface area contributed by atoms with Crippen LogP contribution in [0.3, 0.4) is 0 Å². The maximum absolute atomic E-state index is 13.5. The Morgan fingerprint density at radius 1 is 1.18 bits per heavy atom. The Balaban J connectivity index is 2.10. The Morgan fingerprint density at radius 2 is 1.86 bits per heavy atom. The molecular weight excluding hydrogens is 290 g/mol. The highest BCUT2D eigenvalue weighted by Crippen LogP contribution is 2.18. The fourth-order valence-corrected chi connectivity index (χ4v) is 1.68. The predicted octanol–water partition coefficient (Wildman–Crippen LogP) is 3.22. The molecule has 1 aromatic heterocycles. The molecule has 0 radical (unpaired) electrons. The minimum Gasteiger partial charge on any atom is -0.366 e. The molecule has 7 heteroatoms. The van der Waals surface area contributed by atoms with E-state index in [1.165, 1.54) is 12.1 Å². The van der Waals surface area contributed by atoms with Gasteiger partial charge in [0.1, 0.15) is 23.1 Å². The van der Waals surface area contributed by atoms with Gasteiger partial charge in [0.2, 0.25) is 0 Å². The number of halogens is 2. The lowest BCUT2D eigenvalue weighted by Gasteiger charge is -2.11. The van der Waals surface area contributed by atoms with Crippen molar-refractivity contribution in [2.24, 2.45) is 0 Å². The number of para-hydroxylation sites is 1. The minimum absolute atomic E-state index is 0.0302. The number of carbonyl (C=O) groups is 1. The molecule has 0 saturated carbocycles. The van der Waals surface area contributed by atoms with Crippen molar-refractivity contribution in [3.8, 4) is 0 Å². The number of hydrogen-bond acceptors (Lipinski definition) is 4. The molecular formula is C15H16F2N4O. The van der Waals surface area contributed by atoms with Crippen molar-refractivity contribution < 1.29 is 13.6 Å². The van der Waals surface area contributed by atoms with E-state index in [1.807, 2.05) is 13.8 Å². The zero-order valence-electron chi connectivity index (χ0n) is 12.2. The van der Waals surface area contributed by atoms with Gasteiger partial charge >= 0.3 is 0 Å². The van der Waals surface area contributed by atoms with Gasteiger partial charge in [-0.15, -0.1) is 10.2 Å². The van der Waals surface area contributed by atoms with Crippen LogP contribution in [0.25, 0.3) is 0 Å². The van der Waals surface area contributed by atoms with Gasteiger partial charge in [-0.3, -0.25) is 4.79 Å². The van der Waals surface area contributed by atoms with Crippen LogP contribution in [0.5, 0.6) is 0 Å². The molecule has 0 aliphatic carbocycles. The average molecular weight is 306 g/mol. The molecule has 0 aliphatic rings. The van der Waals surface area contributed by atoms with E-state index in [-0.39, 0.29) is 11.7 Å². The Labute approximate surface area is 126 Å². The van der Waals surface area contributed by atoms with E-state index in [2.05, 4.69) is 20.8 Å². The van der Waals surface area contributed by atoms with Gasteiger partial charge in [0.05, 0.1) is 0 Å². The number of amides is 1. The summed E-state index contributed by atoms with van der Waals surface area (Å²) in [6, 6.07) is 6.58. The molecule has 0 bridgehead atoms. The fraction of sp³-hybridized carbons (Fsp3) is 0.267.